The lowest BCUT2D eigenvalue weighted by atomic mass is 9.76. The quantitative estimate of drug-likeness (QED) is 0.731. The molecule has 0 bridgehead atoms. The zero-order chi connectivity index (χ0) is 13.9. The minimum Gasteiger partial charge on any atom is -0.307 e. The smallest absolute Gasteiger partial charge is 0.0388 e. The van der Waals surface area contributed by atoms with Crippen molar-refractivity contribution in [3.05, 3.63) is 22.4 Å². The molecule has 0 aliphatic heterocycles. The second-order valence-electron chi connectivity index (χ2n) is 7.17. The average Bonchev–Trinajstić information content (AvgIpc) is 2.75. The zero-order valence-corrected chi connectivity index (χ0v) is 13.7. The fourth-order valence-corrected chi connectivity index (χ4v) is 4.05. The molecule has 1 fully saturated rings. The van der Waals surface area contributed by atoms with Gasteiger partial charge in [-0.3, -0.25) is 0 Å². The minimum absolute atomic E-state index is 0.480. The molecule has 19 heavy (non-hydrogen) atoms. The molecule has 1 N–H and O–H groups in total. The van der Waals surface area contributed by atoms with E-state index in [0.717, 1.165) is 5.92 Å². The van der Waals surface area contributed by atoms with Gasteiger partial charge in [-0.05, 0) is 55.4 Å². The van der Waals surface area contributed by atoms with E-state index in [9.17, 15) is 0 Å². The molecule has 0 spiro atoms. The van der Waals surface area contributed by atoms with E-state index in [4.69, 9.17) is 0 Å². The first kappa shape index (κ1) is 15.1. The molecular formula is C17H29NS. The molecule has 2 heteroatoms. The first-order valence-electron chi connectivity index (χ1n) is 7.76. The highest BCUT2D eigenvalue weighted by molar-refractivity contribution is 7.10. The molecule has 1 aromatic rings. The van der Waals surface area contributed by atoms with E-state index in [1.165, 1.54) is 37.0 Å². The summed E-state index contributed by atoms with van der Waals surface area (Å²) in [6.07, 6.45) is 6.88. The van der Waals surface area contributed by atoms with Crippen LogP contribution in [0.15, 0.2) is 17.5 Å². The third kappa shape index (κ3) is 4.32. The summed E-state index contributed by atoms with van der Waals surface area (Å²) in [5, 5.41) is 6.02. The van der Waals surface area contributed by atoms with Gasteiger partial charge in [-0.1, -0.05) is 33.3 Å². The van der Waals surface area contributed by atoms with Crippen LogP contribution in [-0.2, 0) is 0 Å². The Kier molecular flexibility index (Phi) is 5.08. The molecule has 1 aromatic heterocycles. The number of nitrogens with one attached hydrogen (secondary N) is 1. The zero-order valence-electron chi connectivity index (χ0n) is 12.9. The van der Waals surface area contributed by atoms with Gasteiger partial charge in [0.15, 0.2) is 0 Å². The van der Waals surface area contributed by atoms with Crippen LogP contribution in [0, 0.1) is 11.3 Å². The largest absolute Gasteiger partial charge is 0.307 e. The highest BCUT2D eigenvalue weighted by Crippen LogP contribution is 2.37. The van der Waals surface area contributed by atoms with Gasteiger partial charge in [-0.25, -0.2) is 0 Å². The van der Waals surface area contributed by atoms with Gasteiger partial charge in [-0.15, -0.1) is 11.3 Å². The predicted octanol–water partition coefficient (Wildman–Crippen LogP) is 5.39. The van der Waals surface area contributed by atoms with Gasteiger partial charge in [0.2, 0.25) is 0 Å². The summed E-state index contributed by atoms with van der Waals surface area (Å²) in [4.78, 5) is 1.47. The van der Waals surface area contributed by atoms with E-state index < -0.39 is 0 Å². The lowest BCUT2D eigenvalue weighted by Gasteiger charge is -2.30. The second-order valence-corrected chi connectivity index (χ2v) is 8.15. The molecule has 1 saturated carbocycles. The van der Waals surface area contributed by atoms with Crippen LogP contribution in [0.5, 0.6) is 0 Å². The first-order valence-corrected chi connectivity index (χ1v) is 8.64. The fourth-order valence-electron chi connectivity index (χ4n) is 3.31. The molecule has 2 rings (SSSR count). The third-order valence-corrected chi connectivity index (χ3v) is 5.70. The number of hydrogen-bond acceptors (Lipinski definition) is 2. The molecule has 0 amide bonds. The van der Waals surface area contributed by atoms with Crippen molar-refractivity contribution >= 4 is 11.3 Å². The Balaban J connectivity index is 1.86. The highest BCUT2D eigenvalue weighted by atomic mass is 32.1. The second kappa shape index (κ2) is 6.41. The summed E-state index contributed by atoms with van der Waals surface area (Å²) in [5.41, 5.74) is 0.480. The number of rotatable bonds is 3. The van der Waals surface area contributed by atoms with E-state index in [1.807, 2.05) is 11.3 Å². The molecule has 3 atom stereocenters. The standard InChI is InChI=1S/C17H29NS/c1-13(16-9-6-12-19-16)18-15-8-5-7-14(10-11-15)17(2,3)4/h6,9,12-15,18H,5,7-8,10-11H2,1-4H3/t13-,14?,15?/m1/s1. The van der Waals surface area contributed by atoms with Gasteiger partial charge in [0, 0.05) is 17.0 Å². The fraction of sp³-hybridized carbons (Fsp3) is 0.765. The molecule has 1 aliphatic carbocycles. The Morgan fingerprint density at radius 1 is 1.21 bits per heavy atom. The summed E-state index contributed by atoms with van der Waals surface area (Å²) in [6.45, 7) is 9.51. The lowest BCUT2D eigenvalue weighted by Crippen LogP contribution is -2.31. The van der Waals surface area contributed by atoms with Crippen molar-refractivity contribution in [2.24, 2.45) is 11.3 Å². The van der Waals surface area contributed by atoms with E-state index in [2.05, 4.69) is 50.5 Å². The van der Waals surface area contributed by atoms with E-state index in [1.54, 1.807) is 0 Å². The van der Waals surface area contributed by atoms with Crippen LogP contribution < -0.4 is 5.32 Å². The maximum Gasteiger partial charge on any atom is 0.0388 e. The van der Waals surface area contributed by atoms with Crippen LogP contribution in [0.4, 0.5) is 0 Å². The summed E-state index contributed by atoms with van der Waals surface area (Å²) in [6, 6.07) is 5.62. The third-order valence-electron chi connectivity index (χ3n) is 4.65. The maximum atomic E-state index is 3.84. The molecule has 1 aliphatic rings. The molecule has 0 radical (unpaired) electrons. The first-order chi connectivity index (χ1) is 8.97. The lowest BCUT2D eigenvalue weighted by molar-refractivity contribution is 0.213. The summed E-state index contributed by atoms with van der Waals surface area (Å²) in [7, 11) is 0. The Bertz CT molecular complexity index is 363. The van der Waals surface area contributed by atoms with Gasteiger partial charge in [0.05, 0.1) is 0 Å². The predicted molar refractivity (Wildman–Crippen MR) is 85.7 cm³/mol. The summed E-state index contributed by atoms with van der Waals surface area (Å²) in [5.74, 6) is 0.899. The molecule has 108 valence electrons. The van der Waals surface area contributed by atoms with Crippen molar-refractivity contribution in [2.75, 3.05) is 0 Å². The Hall–Kier alpha value is -0.340. The van der Waals surface area contributed by atoms with E-state index >= 15 is 0 Å². The van der Waals surface area contributed by atoms with Crippen molar-refractivity contribution < 1.29 is 0 Å². The normalized spacial score (nSPS) is 26.9. The SMILES string of the molecule is C[C@@H](NC1CCCC(C(C)(C)C)CC1)c1cccs1. The summed E-state index contributed by atoms with van der Waals surface area (Å²) < 4.78 is 0. The van der Waals surface area contributed by atoms with Crippen LogP contribution in [0.25, 0.3) is 0 Å². The van der Waals surface area contributed by atoms with Crippen LogP contribution in [-0.4, -0.2) is 6.04 Å². The maximum absolute atomic E-state index is 3.84. The van der Waals surface area contributed by atoms with Gasteiger partial charge >= 0.3 is 0 Å². The number of thiophene rings is 1. The average molecular weight is 279 g/mol. The Labute approximate surface area is 122 Å². The monoisotopic (exact) mass is 279 g/mol. The highest BCUT2D eigenvalue weighted by Gasteiger charge is 2.28. The van der Waals surface area contributed by atoms with Crippen molar-refractivity contribution in [1.82, 2.24) is 5.32 Å². The molecule has 0 saturated heterocycles. The van der Waals surface area contributed by atoms with Crippen molar-refractivity contribution in [2.45, 2.75) is 71.9 Å². The van der Waals surface area contributed by atoms with Gasteiger partial charge in [0.25, 0.3) is 0 Å². The van der Waals surface area contributed by atoms with Gasteiger partial charge in [0.1, 0.15) is 0 Å². The molecule has 2 unspecified atom stereocenters. The Morgan fingerprint density at radius 2 is 2.00 bits per heavy atom. The van der Waals surface area contributed by atoms with Gasteiger partial charge in [-0.2, -0.15) is 0 Å². The van der Waals surface area contributed by atoms with Crippen LogP contribution >= 0.6 is 11.3 Å². The van der Waals surface area contributed by atoms with Gasteiger partial charge < -0.3 is 5.32 Å². The van der Waals surface area contributed by atoms with E-state index in [-0.39, 0.29) is 0 Å². The van der Waals surface area contributed by atoms with Crippen molar-refractivity contribution in [3.63, 3.8) is 0 Å². The van der Waals surface area contributed by atoms with Crippen molar-refractivity contribution in [3.8, 4) is 0 Å². The topological polar surface area (TPSA) is 12.0 Å². The molecular weight excluding hydrogens is 250 g/mol. The summed E-state index contributed by atoms with van der Waals surface area (Å²) >= 11 is 1.87. The molecule has 1 nitrogen and oxygen atoms in total. The van der Waals surface area contributed by atoms with Crippen LogP contribution in [0.3, 0.4) is 0 Å². The van der Waals surface area contributed by atoms with Crippen LogP contribution in [0.2, 0.25) is 0 Å². The van der Waals surface area contributed by atoms with E-state index in [0.29, 0.717) is 17.5 Å². The number of hydrogen-bond donors (Lipinski definition) is 1. The minimum atomic E-state index is 0.480. The van der Waals surface area contributed by atoms with Crippen LogP contribution in [0.1, 0.15) is 70.7 Å². The molecule has 0 aromatic carbocycles. The van der Waals surface area contributed by atoms with Crippen molar-refractivity contribution in [1.29, 1.82) is 0 Å². The molecule has 1 heterocycles. The Morgan fingerprint density at radius 3 is 2.63 bits per heavy atom.